The molecular formula is C14H24N2O3. The van der Waals surface area contributed by atoms with E-state index < -0.39 is 17.3 Å². The van der Waals surface area contributed by atoms with Crippen molar-refractivity contribution in [3.8, 4) is 0 Å². The fourth-order valence-corrected chi connectivity index (χ4v) is 3.56. The van der Waals surface area contributed by atoms with Crippen molar-refractivity contribution in [3.05, 3.63) is 0 Å². The number of hydrogen-bond acceptors (Lipinski definition) is 3. The van der Waals surface area contributed by atoms with E-state index in [-0.39, 0.29) is 11.8 Å². The van der Waals surface area contributed by atoms with Crippen LogP contribution in [0.5, 0.6) is 0 Å². The number of carboxylic acid groups (broad SMARTS) is 1. The van der Waals surface area contributed by atoms with Crippen molar-refractivity contribution in [3.63, 3.8) is 0 Å². The van der Waals surface area contributed by atoms with E-state index in [0.717, 1.165) is 6.54 Å². The van der Waals surface area contributed by atoms with Crippen LogP contribution in [0.25, 0.3) is 0 Å². The van der Waals surface area contributed by atoms with Gasteiger partial charge in [-0.3, -0.25) is 9.59 Å². The molecule has 2 fully saturated rings. The number of rotatable bonds is 3. The molecule has 0 radical (unpaired) electrons. The van der Waals surface area contributed by atoms with Crippen molar-refractivity contribution < 1.29 is 14.7 Å². The minimum atomic E-state index is -0.847. The predicted octanol–water partition coefficient (Wildman–Crippen LogP) is 0.752. The van der Waals surface area contributed by atoms with E-state index in [9.17, 15) is 9.59 Å². The Morgan fingerprint density at radius 3 is 2.16 bits per heavy atom. The van der Waals surface area contributed by atoms with Gasteiger partial charge in [0.25, 0.3) is 0 Å². The van der Waals surface area contributed by atoms with Gasteiger partial charge in [-0.25, -0.2) is 0 Å². The molecule has 0 aromatic carbocycles. The highest BCUT2D eigenvalue weighted by Gasteiger charge is 2.66. The van der Waals surface area contributed by atoms with E-state index in [1.54, 1.807) is 0 Å². The van der Waals surface area contributed by atoms with Gasteiger partial charge in [0.15, 0.2) is 0 Å². The Kier molecular flexibility index (Phi) is 3.37. The van der Waals surface area contributed by atoms with Gasteiger partial charge in [0, 0.05) is 19.1 Å². The Labute approximate surface area is 114 Å². The van der Waals surface area contributed by atoms with Gasteiger partial charge in [-0.1, -0.05) is 20.8 Å². The molecular weight excluding hydrogens is 244 g/mol. The number of carbonyl (C=O) groups is 2. The molecule has 5 nitrogen and oxygen atoms in total. The van der Waals surface area contributed by atoms with Gasteiger partial charge < -0.3 is 14.9 Å². The van der Waals surface area contributed by atoms with Gasteiger partial charge in [0.1, 0.15) is 0 Å². The first-order valence-electron chi connectivity index (χ1n) is 6.86. The minimum absolute atomic E-state index is 0.0219. The van der Waals surface area contributed by atoms with Gasteiger partial charge in [-0.05, 0) is 25.4 Å². The number of aliphatic carboxylic acids is 1. The van der Waals surface area contributed by atoms with E-state index in [1.807, 2.05) is 32.8 Å². The lowest BCUT2D eigenvalue weighted by Gasteiger charge is -2.22. The molecule has 19 heavy (non-hydrogen) atoms. The predicted molar refractivity (Wildman–Crippen MR) is 71.6 cm³/mol. The molecule has 5 heteroatoms. The van der Waals surface area contributed by atoms with E-state index in [0.29, 0.717) is 18.5 Å². The Bertz CT molecular complexity index is 405. The van der Waals surface area contributed by atoms with Gasteiger partial charge in [-0.2, -0.15) is 0 Å². The van der Waals surface area contributed by atoms with E-state index >= 15 is 0 Å². The second-order valence-electron chi connectivity index (χ2n) is 6.87. The molecule has 1 aliphatic heterocycles. The summed E-state index contributed by atoms with van der Waals surface area (Å²) >= 11 is 0. The first kappa shape index (κ1) is 14.3. The van der Waals surface area contributed by atoms with Crippen LogP contribution in [0.3, 0.4) is 0 Å². The third-order valence-corrected chi connectivity index (χ3v) is 4.91. The van der Waals surface area contributed by atoms with Crippen molar-refractivity contribution in [2.45, 2.75) is 26.8 Å². The molecule has 1 heterocycles. The lowest BCUT2D eigenvalue weighted by Crippen LogP contribution is -2.36. The molecule has 0 spiro atoms. The van der Waals surface area contributed by atoms with Crippen molar-refractivity contribution in [2.24, 2.45) is 23.2 Å². The zero-order valence-electron chi connectivity index (χ0n) is 12.4. The number of amides is 1. The maximum absolute atomic E-state index is 12.5. The van der Waals surface area contributed by atoms with Crippen LogP contribution >= 0.6 is 0 Å². The minimum Gasteiger partial charge on any atom is -0.481 e. The van der Waals surface area contributed by atoms with Gasteiger partial charge in [0.05, 0.1) is 11.8 Å². The quantitative estimate of drug-likeness (QED) is 0.820. The standard InChI is InChI=1S/C14H24N2O3/c1-8-6-16(7-9(8)15(4)5)12(17)10-11(13(18)19)14(10,2)3/h8-11H,6-7H2,1-5H3,(H,18,19)/t8?,9?,10-,11+/m1/s1. The number of likely N-dealkylation sites (N-methyl/N-ethyl adjacent to an activating group) is 1. The molecule has 0 aromatic rings. The molecule has 2 unspecified atom stereocenters. The molecule has 1 aliphatic carbocycles. The number of carbonyl (C=O) groups excluding carboxylic acids is 1. The van der Waals surface area contributed by atoms with Crippen molar-refractivity contribution in [1.29, 1.82) is 0 Å². The van der Waals surface area contributed by atoms with Crippen molar-refractivity contribution in [1.82, 2.24) is 9.80 Å². The zero-order chi connectivity index (χ0) is 14.5. The van der Waals surface area contributed by atoms with E-state index in [1.165, 1.54) is 0 Å². The summed E-state index contributed by atoms with van der Waals surface area (Å²) in [6, 6.07) is 0.370. The van der Waals surface area contributed by atoms with Gasteiger partial charge >= 0.3 is 5.97 Å². The van der Waals surface area contributed by atoms with Crippen LogP contribution in [-0.2, 0) is 9.59 Å². The summed E-state index contributed by atoms with van der Waals surface area (Å²) in [5.74, 6) is -1.26. The van der Waals surface area contributed by atoms with Crippen LogP contribution in [0.2, 0.25) is 0 Å². The highest BCUT2D eigenvalue weighted by molar-refractivity contribution is 5.91. The Hall–Kier alpha value is -1.10. The largest absolute Gasteiger partial charge is 0.481 e. The summed E-state index contributed by atoms with van der Waals surface area (Å²) in [5, 5.41) is 9.16. The molecule has 108 valence electrons. The first-order chi connectivity index (χ1) is 8.67. The third-order valence-electron chi connectivity index (χ3n) is 4.91. The van der Waals surface area contributed by atoms with Gasteiger partial charge in [-0.15, -0.1) is 0 Å². The maximum atomic E-state index is 12.5. The number of likely N-dealkylation sites (tertiary alicyclic amines) is 1. The molecule has 1 saturated carbocycles. The molecule has 1 N–H and O–H groups in total. The fraction of sp³-hybridized carbons (Fsp3) is 0.857. The second-order valence-corrected chi connectivity index (χ2v) is 6.87. The summed E-state index contributed by atoms with van der Waals surface area (Å²) in [6.07, 6.45) is 0. The van der Waals surface area contributed by atoms with Crippen LogP contribution in [-0.4, -0.2) is 60.0 Å². The molecule has 2 rings (SSSR count). The highest BCUT2D eigenvalue weighted by Crippen LogP contribution is 2.59. The normalized spacial score (nSPS) is 36.6. The SMILES string of the molecule is CC1CN(C(=O)[C@H]2[C@@H](C(=O)O)C2(C)C)CC1N(C)C. The molecule has 0 aromatic heterocycles. The molecule has 2 aliphatic rings. The molecule has 4 atom stereocenters. The Morgan fingerprint density at radius 2 is 1.79 bits per heavy atom. The van der Waals surface area contributed by atoms with E-state index in [2.05, 4.69) is 11.8 Å². The fourth-order valence-electron chi connectivity index (χ4n) is 3.56. The maximum Gasteiger partial charge on any atom is 0.307 e. The molecule has 1 saturated heterocycles. The average Bonchev–Trinajstić information content (AvgIpc) is 2.65. The number of hydrogen-bond donors (Lipinski definition) is 1. The summed E-state index contributed by atoms with van der Waals surface area (Å²) in [4.78, 5) is 27.7. The van der Waals surface area contributed by atoms with Crippen molar-refractivity contribution >= 4 is 11.9 Å². The Morgan fingerprint density at radius 1 is 1.21 bits per heavy atom. The van der Waals surface area contributed by atoms with Gasteiger partial charge in [0.2, 0.25) is 5.91 Å². The van der Waals surface area contributed by atoms with Crippen LogP contribution in [0, 0.1) is 23.2 Å². The lowest BCUT2D eigenvalue weighted by molar-refractivity contribution is -0.141. The first-order valence-corrected chi connectivity index (χ1v) is 6.86. The summed E-state index contributed by atoms with van der Waals surface area (Å²) < 4.78 is 0. The average molecular weight is 268 g/mol. The van der Waals surface area contributed by atoms with Crippen molar-refractivity contribution in [2.75, 3.05) is 27.2 Å². The molecule has 0 bridgehead atoms. The topological polar surface area (TPSA) is 60.9 Å². The number of nitrogens with zero attached hydrogens (tertiary/aromatic N) is 2. The second kappa shape index (κ2) is 4.47. The van der Waals surface area contributed by atoms with Crippen LogP contribution in [0.1, 0.15) is 20.8 Å². The molecule has 1 amide bonds. The Balaban J connectivity index is 2.05. The third kappa shape index (κ3) is 2.24. The zero-order valence-corrected chi connectivity index (χ0v) is 12.4. The summed E-state index contributed by atoms with van der Waals surface area (Å²) in [5.41, 5.74) is -0.400. The summed E-state index contributed by atoms with van der Waals surface area (Å²) in [7, 11) is 4.05. The van der Waals surface area contributed by atoms with Crippen LogP contribution in [0.4, 0.5) is 0 Å². The smallest absolute Gasteiger partial charge is 0.307 e. The lowest BCUT2D eigenvalue weighted by atomic mass is 10.1. The van der Waals surface area contributed by atoms with Crippen LogP contribution < -0.4 is 0 Å². The highest BCUT2D eigenvalue weighted by atomic mass is 16.4. The summed E-state index contributed by atoms with van der Waals surface area (Å²) in [6.45, 7) is 7.34. The van der Waals surface area contributed by atoms with Crippen LogP contribution in [0.15, 0.2) is 0 Å². The monoisotopic (exact) mass is 268 g/mol. The number of carboxylic acids is 1. The van der Waals surface area contributed by atoms with E-state index in [4.69, 9.17) is 5.11 Å².